The molecule has 0 N–H and O–H groups in total. The molecule has 0 unspecified atom stereocenters. The summed E-state index contributed by atoms with van der Waals surface area (Å²) in [4.78, 5) is 0. The Morgan fingerprint density at radius 1 is 1.20 bits per heavy atom. The van der Waals surface area contributed by atoms with Gasteiger partial charge in [-0.3, -0.25) is 0 Å². The smallest absolute Gasteiger partial charge is 0.000503 e. The molecule has 0 aromatic rings. The number of hydrogen-bond donors (Lipinski definition) is 0. The van der Waals surface area contributed by atoms with Gasteiger partial charge in [0.2, 0.25) is 0 Å². The Morgan fingerprint density at radius 3 is 1.40 bits per heavy atom. The van der Waals surface area contributed by atoms with E-state index in [0.717, 1.165) is 0 Å². The number of allylic oxidation sites excluding steroid dienone is 2. The Balaban J connectivity index is 2.47. The molecular formula is C5H8. The van der Waals surface area contributed by atoms with Gasteiger partial charge in [0.1, 0.15) is 0 Å². The molecule has 0 atom stereocenters. The van der Waals surface area contributed by atoms with Gasteiger partial charge in [-0.25, -0.2) is 0 Å². The lowest BCUT2D eigenvalue weighted by Gasteiger charge is -1.88. The summed E-state index contributed by atoms with van der Waals surface area (Å²) in [6, 6.07) is 0. The molecule has 0 spiro atoms. The van der Waals surface area contributed by atoms with E-state index in [1.807, 2.05) is 0 Å². The third-order valence-corrected chi connectivity index (χ3v) is 0.833. The van der Waals surface area contributed by atoms with E-state index in [9.17, 15) is 0 Å². The van der Waals surface area contributed by atoms with Gasteiger partial charge in [-0.15, -0.1) is 0 Å². The van der Waals surface area contributed by atoms with Gasteiger partial charge >= 0.3 is 0 Å². The second-order valence-electron chi connectivity index (χ2n) is 2.15. The average Bonchev–Trinajstić information content (AvgIpc) is 1.76. The topological polar surface area (TPSA) is 0 Å². The van der Waals surface area contributed by atoms with Gasteiger partial charge in [0.25, 0.3) is 0 Å². The molecule has 1 aliphatic carbocycles. The molecule has 28 valence electrons. The first kappa shape index (κ1) is 2.95. The predicted octanol–water partition coefficient (Wildman–Crippen LogP) is 1.58. The molecule has 0 heteroatoms. The van der Waals surface area contributed by atoms with Crippen molar-refractivity contribution in [2.24, 2.45) is 5.41 Å². The summed E-state index contributed by atoms with van der Waals surface area (Å²) in [5.74, 6) is 0. The summed E-state index contributed by atoms with van der Waals surface area (Å²) in [6.45, 7) is 4.38. The van der Waals surface area contributed by atoms with E-state index in [1.165, 1.54) is 0 Å². The summed E-state index contributed by atoms with van der Waals surface area (Å²) in [6.07, 6.45) is 4.38. The quantitative estimate of drug-likeness (QED) is 0.378. The van der Waals surface area contributed by atoms with Crippen LogP contribution in [0.3, 0.4) is 0 Å². The molecule has 0 radical (unpaired) electrons. The SMILES string of the molecule is CC1(C)C=C1. The molecule has 0 saturated heterocycles. The average molecular weight is 68.1 g/mol. The molecule has 5 heavy (non-hydrogen) atoms. The fraction of sp³-hybridized carbons (Fsp3) is 0.600. The second kappa shape index (κ2) is 0.469. The molecular weight excluding hydrogens is 60.1 g/mol. The lowest BCUT2D eigenvalue weighted by atomic mass is 10.2. The fourth-order valence-corrected chi connectivity index (χ4v) is 0.167. The van der Waals surface area contributed by atoms with E-state index in [0.29, 0.717) is 5.41 Å². The molecule has 0 heterocycles. The summed E-state index contributed by atoms with van der Waals surface area (Å²) < 4.78 is 0. The van der Waals surface area contributed by atoms with Gasteiger partial charge in [0.05, 0.1) is 0 Å². The van der Waals surface area contributed by atoms with Crippen LogP contribution in [0.25, 0.3) is 0 Å². The highest BCUT2D eigenvalue weighted by atomic mass is 14.2. The lowest BCUT2D eigenvalue weighted by molar-refractivity contribution is 0.732. The third kappa shape index (κ3) is 0.504. The zero-order valence-corrected chi connectivity index (χ0v) is 3.65. The molecule has 0 aromatic carbocycles. The maximum atomic E-state index is 2.19. The Morgan fingerprint density at radius 2 is 1.40 bits per heavy atom. The van der Waals surface area contributed by atoms with Crippen LogP contribution in [0, 0.1) is 5.41 Å². The van der Waals surface area contributed by atoms with E-state index >= 15 is 0 Å². The van der Waals surface area contributed by atoms with Crippen LogP contribution < -0.4 is 0 Å². The van der Waals surface area contributed by atoms with Crippen LogP contribution in [0.4, 0.5) is 0 Å². The maximum Gasteiger partial charge on any atom is 0.000503 e. The number of rotatable bonds is 0. The normalized spacial score (nSPS) is 26.8. The second-order valence-corrected chi connectivity index (χ2v) is 2.15. The zero-order chi connectivity index (χ0) is 3.91. The van der Waals surface area contributed by atoms with E-state index in [4.69, 9.17) is 0 Å². The van der Waals surface area contributed by atoms with Crippen LogP contribution in [0.2, 0.25) is 0 Å². The van der Waals surface area contributed by atoms with Crippen molar-refractivity contribution in [3.63, 3.8) is 0 Å². The van der Waals surface area contributed by atoms with Crippen molar-refractivity contribution < 1.29 is 0 Å². The van der Waals surface area contributed by atoms with Gasteiger partial charge in [-0.2, -0.15) is 0 Å². The summed E-state index contributed by atoms with van der Waals surface area (Å²) in [5, 5.41) is 0. The Kier molecular flexibility index (Phi) is 0.277. The summed E-state index contributed by atoms with van der Waals surface area (Å²) in [7, 11) is 0. The van der Waals surface area contributed by atoms with Crippen molar-refractivity contribution in [1.82, 2.24) is 0 Å². The van der Waals surface area contributed by atoms with Gasteiger partial charge in [-0.1, -0.05) is 26.0 Å². The molecule has 0 amide bonds. The lowest BCUT2D eigenvalue weighted by Crippen LogP contribution is -1.79. The first-order valence-corrected chi connectivity index (χ1v) is 1.91. The van der Waals surface area contributed by atoms with Crippen LogP contribution in [0.15, 0.2) is 12.2 Å². The van der Waals surface area contributed by atoms with Crippen molar-refractivity contribution in [2.75, 3.05) is 0 Å². The molecule has 1 rings (SSSR count). The van der Waals surface area contributed by atoms with Crippen LogP contribution in [0.5, 0.6) is 0 Å². The minimum atomic E-state index is 0.500. The minimum absolute atomic E-state index is 0.500. The van der Waals surface area contributed by atoms with Crippen molar-refractivity contribution in [2.45, 2.75) is 13.8 Å². The Hall–Kier alpha value is -0.260. The van der Waals surface area contributed by atoms with Crippen molar-refractivity contribution >= 4 is 0 Å². The molecule has 1 aliphatic rings. The third-order valence-electron chi connectivity index (χ3n) is 0.833. The van der Waals surface area contributed by atoms with Crippen LogP contribution in [-0.4, -0.2) is 0 Å². The van der Waals surface area contributed by atoms with Crippen LogP contribution >= 0.6 is 0 Å². The highest BCUT2D eigenvalue weighted by Crippen LogP contribution is 2.31. The largest absolute Gasteiger partial charge is 0.0783 e. The fourth-order valence-electron chi connectivity index (χ4n) is 0.167. The van der Waals surface area contributed by atoms with E-state index in [1.54, 1.807) is 0 Å². The molecule has 0 aliphatic heterocycles. The predicted molar refractivity (Wildman–Crippen MR) is 22.9 cm³/mol. The highest BCUT2D eigenvalue weighted by Gasteiger charge is 2.18. The molecule has 0 fully saturated rings. The first-order valence-electron chi connectivity index (χ1n) is 1.91. The van der Waals surface area contributed by atoms with Gasteiger partial charge < -0.3 is 0 Å². The van der Waals surface area contributed by atoms with Crippen LogP contribution in [-0.2, 0) is 0 Å². The van der Waals surface area contributed by atoms with E-state index < -0.39 is 0 Å². The van der Waals surface area contributed by atoms with Gasteiger partial charge in [0.15, 0.2) is 0 Å². The van der Waals surface area contributed by atoms with Crippen molar-refractivity contribution in [3.05, 3.63) is 12.2 Å². The Bertz CT molecular complexity index is 60.1. The molecule has 0 aromatic heterocycles. The van der Waals surface area contributed by atoms with Crippen molar-refractivity contribution in [1.29, 1.82) is 0 Å². The summed E-state index contributed by atoms with van der Waals surface area (Å²) >= 11 is 0. The standard InChI is InChI=1S/C5H8/c1-5(2)3-4-5/h3-4H,1-2H3. The highest BCUT2D eigenvalue weighted by molar-refractivity contribution is 5.21. The molecule has 0 saturated carbocycles. The molecule has 0 bridgehead atoms. The maximum absolute atomic E-state index is 2.19. The van der Waals surface area contributed by atoms with Gasteiger partial charge in [0, 0.05) is 5.41 Å². The van der Waals surface area contributed by atoms with Crippen molar-refractivity contribution in [3.8, 4) is 0 Å². The zero-order valence-electron chi connectivity index (χ0n) is 3.65. The van der Waals surface area contributed by atoms with E-state index in [-0.39, 0.29) is 0 Å². The Labute approximate surface area is 32.5 Å². The minimum Gasteiger partial charge on any atom is -0.0783 e. The number of hydrogen-bond acceptors (Lipinski definition) is 0. The van der Waals surface area contributed by atoms with Gasteiger partial charge in [-0.05, 0) is 0 Å². The molecule has 0 nitrogen and oxygen atoms in total. The monoisotopic (exact) mass is 68.1 g/mol. The summed E-state index contributed by atoms with van der Waals surface area (Å²) in [5.41, 5.74) is 0.500. The van der Waals surface area contributed by atoms with Crippen LogP contribution in [0.1, 0.15) is 13.8 Å². The first-order chi connectivity index (χ1) is 2.21. The van der Waals surface area contributed by atoms with E-state index in [2.05, 4.69) is 26.0 Å².